The second kappa shape index (κ2) is 8.87. The van der Waals surface area contributed by atoms with Crippen LogP contribution in [0, 0.1) is 12.7 Å². The lowest BCUT2D eigenvalue weighted by Crippen LogP contribution is -2.19. The number of rotatable bonds is 6. The second-order valence-electron chi connectivity index (χ2n) is 7.02. The van der Waals surface area contributed by atoms with Crippen molar-refractivity contribution in [1.29, 1.82) is 0 Å². The summed E-state index contributed by atoms with van der Waals surface area (Å²) in [5.74, 6) is 0.414. The summed E-state index contributed by atoms with van der Waals surface area (Å²) in [6.07, 6.45) is 5.44. The van der Waals surface area contributed by atoms with E-state index >= 15 is 0 Å². The first-order valence-corrected chi connectivity index (χ1v) is 9.88. The van der Waals surface area contributed by atoms with Crippen molar-refractivity contribution in [2.45, 2.75) is 20.0 Å². The number of aromatic nitrogens is 4. The van der Waals surface area contributed by atoms with Gasteiger partial charge in [-0.15, -0.1) is 0 Å². The number of aryl methyl sites for hydroxylation is 1. The Balaban J connectivity index is 1.30. The van der Waals surface area contributed by atoms with Crippen molar-refractivity contribution >= 4 is 28.8 Å². The molecule has 2 aromatic heterocycles. The van der Waals surface area contributed by atoms with Gasteiger partial charge in [0, 0.05) is 18.5 Å². The lowest BCUT2D eigenvalue weighted by atomic mass is 10.1. The van der Waals surface area contributed by atoms with Crippen molar-refractivity contribution in [1.82, 2.24) is 19.6 Å². The van der Waals surface area contributed by atoms with Crippen LogP contribution in [0.5, 0.6) is 0 Å². The number of benzene rings is 2. The summed E-state index contributed by atoms with van der Waals surface area (Å²) in [7, 11) is 0. The molecule has 30 heavy (non-hydrogen) atoms. The topological polar surface area (TPSA) is 59.7 Å². The van der Waals surface area contributed by atoms with Crippen LogP contribution in [-0.4, -0.2) is 24.7 Å². The second-order valence-corrected chi connectivity index (χ2v) is 7.42. The van der Waals surface area contributed by atoms with Gasteiger partial charge in [0.25, 0.3) is 0 Å². The molecule has 152 valence electrons. The molecule has 0 aliphatic rings. The predicted molar refractivity (Wildman–Crippen MR) is 120 cm³/mol. The Morgan fingerprint density at radius 3 is 2.33 bits per heavy atom. The standard InChI is InChI=1S/C22H21FN6S/c1-16-2-4-17(5-3-16)13-28-11-10-21(27-28)26-22(30)25-20-12-24-29(15-20)14-18-6-8-19(23)9-7-18/h2-12,15H,13-14H2,1H3,(H2,25,26,27,30). The maximum Gasteiger partial charge on any atom is 0.176 e. The van der Waals surface area contributed by atoms with Gasteiger partial charge in [0.2, 0.25) is 0 Å². The fourth-order valence-corrected chi connectivity index (χ4v) is 3.19. The number of hydrogen-bond acceptors (Lipinski definition) is 3. The number of halogens is 1. The van der Waals surface area contributed by atoms with Gasteiger partial charge >= 0.3 is 0 Å². The molecule has 4 aromatic rings. The van der Waals surface area contributed by atoms with Crippen LogP contribution in [0.1, 0.15) is 16.7 Å². The van der Waals surface area contributed by atoms with Gasteiger partial charge in [-0.3, -0.25) is 9.36 Å². The van der Waals surface area contributed by atoms with E-state index in [0.717, 1.165) is 11.3 Å². The van der Waals surface area contributed by atoms with Gasteiger partial charge < -0.3 is 10.6 Å². The average Bonchev–Trinajstić information content (AvgIpc) is 3.35. The third-order valence-corrected chi connectivity index (χ3v) is 4.70. The summed E-state index contributed by atoms with van der Waals surface area (Å²) in [4.78, 5) is 0. The van der Waals surface area contributed by atoms with E-state index in [9.17, 15) is 4.39 Å². The van der Waals surface area contributed by atoms with Crippen LogP contribution in [0.3, 0.4) is 0 Å². The maximum absolute atomic E-state index is 13.0. The van der Waals surface area contributed by atoms with Crippen molar-refractivity contribution in [3.05, 3.63) is 95.7 Å². The maximum atomic E-state index is 13.0. The van der Waals surface area contributed by atoms with E-state index in [0.29, 0.717) is 24.0 Å². The Labute approximate surface area is 179 Å². The largest absolute Gasteiger partial charge is 0.330 e. The lowest BCUT2D eigenvalue weighted by Gasteiger charge is -2.06. The van der Waals surface area contributed by atoms with Crippen LogP contribution in [0.2, 0.25) is 0 Å². The van der Waals surface area contributed by atoms with Gasteiger partial charge in [0.15, 0.2) is 10.9 Å². The summed E-state index contributed by atoms with van der Waals surface area (Å²) in [5.41, 5.74) is 4.14. The van der Waals surface area contributed by atoms with Crippen LogP contribution in [0.25, 0.3) is 0 Å². The Morgan fingerprint density at radius 1 is 0.933 bits per heavy atom. The molecule has 0 saturated carbocycles. The fraction of sp³-hybridized carbons (Fsp3) is 0.136. The molecule has 0 bridgehead atoms. The first-order chi connectivity index (χ1) is 14.5. The number of hydrogen-bond donors (Lipinski definition) is 2. The van der Waals surface area contributed by atoms with Crippen molar-refractivity contribution in [3.8, 4) is 0 Å². The minimum absolute atomic E-state index is 0.251. The molecule has 2 N–H and O–H groups in total. The van der Waals surface area contributed by atoms with Crippen molar-refractivity contribution in [3.63, 3.8) is 0 Å². The minimum Gasteiger partial charge on any atom is -0.330 e. The molecule has 0 amide bonds. The van der Waals surface area contributed by atoms with Crippen LogP contribution in [0.15, 0.2) is 73.2 Å². The van der Waals surface area contributed by atoms with Crippen molar-refractivity contribution in [2.24, 2.45) is 0 Å². The molecule has 0 radical (unpaired) electrons. The molecule has 0 saturated heterocycles. The molecule has 0 aliphatic carbocycles. The van der Waals surface area contributed by atoms with Crippen LogP contribution < -0.4 is 10.6 Å². The van der Waals surface area contributed by atoms with Gasteiger partial charge in [0.05, 0.1) is 25.0 Å². The Morgan fingerprint density at radius 2 is 1.60 bits per heavy atom. The zero-order chi connectivity index (χ0) is 20.9. The highest BCUT2D eigenvalue weighted by molar-refractivity contribution is 7.80. The number of thiocarbonyl (C=S) groups is 1. The highest BCUT2D eigenvalue weighted by Gasteiger charge is 2.05. The molecule has 0 atom stereocenters. The first-order valence-electron chi connectivity index (χ1n) is 9.47. The van der Waals surface area contributed by atoms with Crippen molar-refractivity contribution < 1.29 is 4.39 Å². The minimum atomic E-state index is -0.251. The lowest BCUT2D eigenvalue weighted by molar-refractivity contribution is 0.624. The van der Waals surface area contributed by atoms with E-state index in [4.69, 9.17) is 12.2 Å². The SMILES string of the molecule is Cc1ccc(Cn2ccc(NC(=S)Nc3cnn(Cc4ccc(F)cc4)c3)n2)cc1. The summed E-state index contributed by atoms with van der Waals surface area (Å²) < 4.78 is 16.6. The van der Waals surface area contributed by atoms with E-state index in [1.807, 2.05) is 23.1 Å². The summed E-state index contributed by atoms with van der Waals surface area (Å²) in [6.45, 7) is 3.31. The zero-order valence-corrected chi connectivity index (χ0v) is 17.2. The summed E-state index contributed by atoms with van der Waals surface area (Å²) in [6, 6.07) is 16.6. The fourth-order valence-electron chi connectivity index (χ4n) is 2.97. The van der Waals surface area contributed by atoms with Gasteiger partial charge in [-0.25, -0.2) is 4.39 Å². The normalized spacial score (nSPS) is 10.7. The van der Waals surface area contributed by atoms with E-state index in [1.165, 1.54) is 23.3 Å². The average molecular weight is 421 g/mol. The smallest absolute Gasteiger partial charge is 0.176 e. The Bertz CT molecular complexity index is 1040. The van der Waals surface area contributed by atoms with Gasteiger partial charge in [-0.2, -0.15) is 10.2 Å². The Kier molecular flexibility index (Phi) is 5.85. The molecule has 2 aromatic carbocycles. The summed E-state index contributed by atoms with van der Waals surface area (Å²) in [5, 5.41) is 15.4. The third kappa shape index (κ3) is 5.30. The van der Waals surface area contributed by atoms with Gasteiger partial charge in [0.1, 0.15) is 5.82 Å². The van der Waals surface area contributed by atoms with E-state index in [1.54, 1.807) is 23.0 Å². The van der Waals surface area contributed by atoms with Crippen LogP contribution >= 0.6 is 12.2 Å². The molecular weight excluding hydrogens is 399 g/mol. The van der Waals surface area contributed by atoms with Gasteiger partial charge in [-0.05, 0) is 42.4 Å². The first kappa shape index (κ1) is 19.8. The van der Waals surface area contributed by atoms with Gasteiger partial charge in [-0.1, -0.05) is 42.0 Å². The predicted octanol–water partition coefficient (Wildman–Crippen LogP) is 4.43. The van der Waals surface area contributed by atoms with Crippen LogP contribution in [0.4, 0.5) is 15.9 Å². The highest BCUT2D eigenvalue weighted by Crippen LogP contribution is 2.11. The molecule has 2 heterocycles. The molecule has 6 nitrogen and oxygen atoms in total. The number of nitrogens with zero attached hydrogens (tertiary/aromatic N) is 4. The van der Waals surface area contributed by atoms with E-state index in [2.05, 4.69) is 52.0 Å². The molecule has 4 rings (SSSR count). The third-order valence-electron chi connectivity index (χ3n) is 4.50. The number of anilines is 2. The molecule has 8 heteroatoms. The Hall–Kier alpha value is -3.52. The van der Waals surface area contributed by atoms with E-state index in [-0.39, 0.29) is 5.82 Å². The quantitative estimate of drug-likeness (QED) is 0.452. The number of nitrogens with one attached hydrogen (secondary N) is 2. The molecule has 0 fully saturated rings. The summed E-state index contributed by atoms with van der Waals surface area (Å²) >= 11 is 5.37. The highest BCUT2D eigenvalue weighted by atomic mass is 32.1. The molecular formula is C22H21FN6S. The van der Waals surface area contributed by atoms with Crippen LogP contribution in [-0.2, 0) is 13.1 Å². The molecule has 0 unspecified atom stereocenters. The van der Waals surface area contributed by atoms with E-state index < -0.39 is 0 Å². The molecule has 0 aliphatic heterocycles. The monoisotopic (exact) mass is 420 g/mol. The zero-order valence-electron chi connectivity index (χ0n) is 16.4. The molecule has 0 spiro atoms. The van der Waals surface area contributed by atoms with Crippen molar-refractivity contribution in [2.75, 3.05) is 10.6 Å².